The van der Waals surface area contributed by atoms with Crippen LogP contribution in [0.4, 0.5) is 5.69 Å². The first-order valence-electron chi connectivity index (χ1n) is 8.28. The van der Waals surface area contributed by atoms with E-state index in [1.54, 1.807) is 0 Å². The van der Waals surface area contributed by atoms with Gasteiger partial charge in [0.15, 0.2) is 0 Å². The van der Waals surface area contributed by atoms with E-state index in [0.29, 0.717) is 0 Å². The molecule has 2 saturated carbocycles. The van der Waals surface area contributed by atoms with Gasteiger partial charge in [-0.1, -0.05) is 12.1 Å². The standard InChI is InChI=1S/C18H23NO2/c20-16-7-9-18(10-8-16)11-12-19(17(18)21)15-5-3-14(4-6-15)13-1-2-13/h3-6,13,16,20H,1-2,7-12H2/t16-,18+. The van der Waals surface area contributed by atoms with E-state index in [4.69, 9.17) is 0 Å². The molecule has 3 heteroatoms. The number of hydrogen-bond acceptors (Lipinski definition) is 2. The van der Waals surface area contributed by atoms with Crippen molar-refractivity contribution in [2.75, 3.05) is 11.4 Å². The van der Waals surface area contributed by atoms with E-state index in [2.05, 4.69) is 24.3 Å². The van der Waals surface area contributed by atoms with E-state index in [-0.39, 0.29) is 17.4 Å². The highest BCUT2D eigenvalue weighted by Gasteiger charge is 2.48. The van der Waals surface area contributed by atoms with Crippen molar-refractivity contribution in [3.63, 3.8) is 0 Å². The van der Waals surface area contributed by atoms with Crippen molar-refractivity contribution in [1.82, 2.24) is 0 Å². The summed E-state index contributed by atoms with van der Waals surface area (Å²) in [6.45, 7) is 0.831. The molecule has 1 N–H and O–H groups in total. The molecule has 1 aromatic rings. The van der Waals surface area contributed by atoms with Crippen LogP contribution in [0.5, 0.6) is 0 Å². The Morgan fingerprint density at radius 3 is 2.29 bits per heavy atom. The molecule has 112 valence electrons. The zero-order valence-corrected chi connectivity index (χ0v) is 12.4. The van der Waals surface area contributed by atoms with Crippen LogP contribution in [0.2, 0.25) is 0 Å². The lowest BCUT2D eigenvalue weighted by Gasteiger charge is -2.33. The number of hydrogen-bond donors (Lipinski definition) is 1. The highest BCUT2D eigenvalue weighted by molar-refractivity contribution is 6.00. The lowest BCUT2D eigenvalue weighted by Crippen LogP contribution is -2.38. The summed E-state index contributed by atoms with van der Waals surface area (Å²) in [5.74, 6) is 1.05. The average molecular weight is 285 g/mol. The molecule has 0 atom stereocenters. The maximum atomic E-state index is 12.9. The van der Waals surface area contributed by atoms with Gasteiger partial charge in [0.05, 0.1) is 11.5 Å². The van der Waals surface area contributed by atoms with Crippen LogP contribution in [0, 0.1) is 5.41 Å². The molecule has 0 radical (unpaired) electrons. The summed E-state index contributed by atoms with van der Waals surface area (Å²) in [4.78, 5) is 14.8. The molecule has 0 bridgehead atoms. The number of aliphatic hydroxyl groups excluding tert-OH is 1. The van der Waals surface area contributed by atoms with Gasteiger partial charge in [-0.25, -0.2) is 0 Å². The summed E-state index contributed by atoms with van der Waals surface area (Å²) in [6.07, 6.45) is 6.63. The Hall–Kier alpha value is -1.35. The molecule has 1 saturated heterocycles. The van der Waals surface area contributed by atoms with Crippen LogP contribution in [0.25, 0.3) is 0 Å². The van der Waals surface area contributed by atoms with Gasteiger partial charge in [-0.2, -0.15) is 0 Å². The predicted molar refractivity (Wildman–Crippen MR) is 82.3 cm³/mol. The largest absolute Gasteiger partial charge is 0.393 e. The highest BCUT2D eigenvalue weighted by Crippen LogP contribution is 2.46. The molecule has 2 aliphatic carbocycles. The summed E-state index contributed by atoms with van der Waals surface area (Å²) in [6, 6.07) is 8.61. The Labute approximate surface area is 126 Å². The molecule has 1 amide bonds. The highest BCUT2D eigenvalue weighted by atomic mass is 16.3. The summed E-state index contributed by atoms with van der Waals surface area (Å²) < 4.78 is 0. The maximum Gasteiger partial charge on any atom is 0.233 e. The van der Waals surface area contributed by atoms with E-state index in [1.165, 1.54) is 18.4 Å². The number of carbonyl (C=O) groups excluding carboxylic acids is 1. The van der Waals surface area contributed by atoms with Crippen molar-refractivity contribution < 1.29 is 9.90 Å². The van der Waals surface area contributed by atoms with Crippen LogP contribution in [-0.4, -0.2) is 23.7 Å². The third kappa shape index (κ3) is 2.28. The third-order valence-electron chi connectivity index (χ3n) is 5.68. The molecule has 3 nitrogen and oxygen atoms in total. The molecule has 3 aliphatic rings. The fraction of sp³-hybridized carbons (Fsp3) is 0.611. The van der Waals surface area contributed by atoms with E-state index in [0.717, 1.165) is 50.3 Å². The predicted octanol–water partition coefficient (Wildman–Crippen LogP) is 3.22. The SMILES string of the molecule is O=C1N(c2ccc(C3CC3)cc2)CC[C@]12CC[C@H](O)CC2. The third-order valence-corrected chi connectivity index (χ3v) is 5.68. The lowest BCUT2D eigenvalue weighted by molar-refractivity contribution is -0.128. The number of nitrogens with zero attached hydrogens (tertiary/aromatic N) is 1. The summed E-state index contributed by atoms with van der Waals surface area (Å²) in [5.41, 5.74) is 2.28. The molecule has 1 heterocycles. The monoisotopic (exact) mass is 285 g/mol. The molecule has 4 rings (SSSR count). The van der Waals surface area contributed by atoms with Crippen LogP contribution in [-0.2, 0) is 4.79 Å². The second-order valence-corrected chi connectivity index (χ2v) is 7.08. The smallest absolute Gasteiger partial charge is 0.233 e. The Morgan fingerprint density at radius 2 is 1.67 bits per heavy atom. The summed E-state index contributed by atoms with van der Waals surface area (Å²) in [7, 11) is 0. The summed E-state index contributed by atoms with van der Waals surface area (Å²) in [5, 5.41) is 9.69. The van der Waals surface area contributed by atoms with Crippen molar-refractivity contribution >= 4 is 11.6 Å². The fourth-order valence-electron chi connectivity index (χ4n) is 4.03. The first kappa shape index (κ1) is 13.3. The van der Waals surface area contributed by atoms with Crippen molar-refractivity contribution in [3.8, 4) is 0 Å². The van der Waals surface area contributed by atoms with Gasteiger partial charge in [-0.05, 0) is 68.6 Å². The second-order valence-electron chi connectivity index (χ2n) is 7.08. The first-order chi connectivity index (χ1) is 10.2. The molecular formula is C18H23NO2. The number of aliphatic hydroxyl groups is 1. The normalized spacial score (nSPS) is 32.9. The van der Waals surface area contributed by atoms with Gasteiger partial charge in [-0.3, -0.25) is 4.79 Å². The molecule has 21 heavy (non-hydrogen) atoms. The van der Waals surface area contributed by atoms with E-state index >= 15 is 0 Å². The average Bonchev–Trinajstić information content (AvgIpc) is 3.30. The molecular weight excluding hydrogens is 262 g/mol. The van der Waals surface area contributed by atoms with Gasteiger partial charge in [0.1, 0.15) is 0 Å². The molecule has 3 fully saturated rings. The Kier molecular flexibility index (Phi) is 3.07. The van der Waals surface area contributed by atoms with Crippen molar-refractivity contribution in [3.05, 3.63) is 29.8 Å². The Bertz CT molecular complexity index is 539. The Morgan fingerprint density at radius 1 is 1.00 bits per heavy atom. The van der Waals surface area contributed by atoms with E-state index < -0.39 is 0 Å². The number of benzene rings is 1. The van der Waals surface area contributed by atoms with Gasteiger partial charge in [0, 0.05) is 12.2 Å². The van der Waals surface area contributed by atoms with Gasteiger partial charge >= 0.3 is 0 Å². The zero-order chi connectivity index (χ0) is 14.4. The fourth-order valence-corrected chi connectivity index (χ4v) is 4.03. The van der Waals surface area contributed by atoms with Crippen molar-refractivity contribution in [1.29, 1.82) is 0 Å². The minimum atomic E-state index is -0.199. The van der Waals surface area contributed by atoms with Crippen molar-refractivity contribution in [2.45, 2.75) is 57.0 Å². The van der Waals surface area contributed by atoms with E-state index in [9.17, 15) is 9.90 Å². The van der Waals surface area contributed by atoms with Gasteiger partial charge in [0.25, 0.3) is 0 Å². The first-order valence-corrected chi connectivity index (χ1v) is 8.28. The van der Waals surface area contributed by atoms with E-state index in [1.807, 2.05) is 4.90 Å². The number of anilines is 1. The molecule has 1 spiro atoms. The summed E-state index contributed by atoms with van der Waals surface area (Å²) >= 11 is 0. The van der Waals surface area contributed by atoms with Gasteiger partial charge in [0.2, 0.25) is 5.91 Å². The maximum absolute atomic E-state index is 12.9. The quantitative estimate of drug-likeness (QED) is 0.906. The van der Waals surface area contributed by atoms with Crippen LogP contribution in [0.3, 0.4) is 0 Å². The molecule has 0 aromatic heterocycles. The zero-order valence-electron chi connectivity index (χ0n) is 12.4. The molecule has 0 unspecified atom stereocenters. The lowest BCUT2D eigenvalue weighted by atomic mass is 9.72. The number of carbonyl (C=O) groups is 1. The Balaban J connectivity index is 1.52. The van der Waals surface area contributed by atoms with Crippen LogP contribution in [0.15, 0.2) is 24.3 Å². The number of rotatable bonds is 2. The van der Waals surface area contributed by atoms with Crippen molar-refractivity contribution in [2.24, 2.45) is 5.41 Å². The van der Waals surface area contributed by atoms with Crippen LogP contribution < -0.4 is 4.90 Å². The minimum Gasteiger partial charge on any atom is -0.393 e. The molecule has 1 aromatic carbocycles. The van der Waals surface area contributed by atoms with Crippen LogP contribution in [0.1, 0.15) is 56.4 Å². The van der Waals surface area contributed by atoms with Gasteiger partial charge in [-0.15, -0.1) is 0 Å². The second kappa shape index (κ2) is 4.84. The molecule has 1 aliphatic heterocycles. The van der Waals surface area contributed by atoms with Gasteiger partial charge < -0.3 is 10.0 Å². The number of amides is 1. The van der Waals surface area contributed by atoms with Crippen LogP contribution >= 0.6 is 0 Å². The topological polar surface area (TPSA) is 40.5 Å². The minimum absolute atomic E-state index is 0.186.